The Bertz CT molecular complexity index is 902. The van der Waals surface area contributed by atoms with Gasteiger partial charge in [-0.1, -0.05) is 73.5 Å². The predicted octanol–water partition coefficient (Wildman–Crippen LogP) is 4.37. The van der Waals surface area contributed by atoms with Gasteiger partial charge in [0.25, 0.3) is 5.91 Å². The maximum absolute atomic E-state index is 13.9. The van der Waals surface area contributed by atoms with E-state index in [9.17, 15) is 9.59 Å². The van der Waals surface area contributed by atoms with Crippen molar-refractivity contribution in [3.63, 3.8) is 0 Å². The first-order valence-electron chi connectivity index (χ1n) is 12.1. The first-order valence-corrected chi connectivity index (χ1v) is 12.1. The van der Waals surface area contributed by atoms with Gasteiger partial charge in [-0.3, -0.25) is 9.69 Å². The largest absolute Gasteiger partial charge is 0.326 e. The maximum atomic E-state index is 13.9. The highest BCUT2D eigenvalue weighted by atomic mass is 16.2. The van der Waals surface area contributed by atoms with Gasteiger partial charge in [0.15, 0.2) is 0 Å². The average Bonchev–Trinajstić information content (AvgIpc) is 3.04. The number of carbonyl (C=O) groups excluding carboxylic acids is 2. The van der Waals surface area contributed by atoms with Gasteiger partial charge in [-0.2, -0.15) is 0 Å². The maximum Gasteiger partial charge on any atom is 0.326 e. The Morgan fingerprint density at radius 1 is 0.812 bits per heavy atom. The van der Waals surface area contributed by atoms with Crippen molar-refractivity contribution in [3.8, 4) is 0 Å². The molecule has 2 aliphatic heterocycles. The number of fused-ring (bicyclic) bond motifs is 1. The Morgan fingerprint density at radius 3 is 2.06 bits per heavy atom. The minimum absolute atomic E-state index is 0.0897. The molecule has 3 aliphatic rings. The van der Waals surface area contributed by atoms with Crippen molar-refractivity contribution in [1.82, 2.24) is 15.1 Å². The minimum Gasteiger partial charge on any atom is -0.322 e. The van der Waals surface area contributed by atoms with Crippen LogP contribution in [0.5, 0.6) is 0 Å². The molecule has 5 heteroatoms. The fourth-order valence-electron chi connectivity index (χ4n) is 6.08. The summed E-state index contributed by atoms with van der Waals surface area (Å²) in [5, 5.41) is 3.14. The van der Waals surface area contributed by atoms with E-state index in [0.717, 1.165) is 30.0 Å². The Labute approximate surface area is 190 Å². The number of rotatable bonds is 6. The summed E-state index contributed by atoms with van der Waals surface area (Å²) in [5.74, 6) is 0.629. The van der Waals surface area contributed by atoms with E-state index >= 15 is 0 Å². The number of nitrogens with one attached hydrogen (secondary N) is 1. The summed E-state index contributed by atoms with van der Waals surface area (Å²) in [6.07, 6.45) is 8.48. The molecule has 0 spiro atoms. The number of benzene rings is 2. The molecule has 2 atom stereocenters. The highest BCUT2D eigenvalue weighted by Crippen LogP contribution is 2.36. The van der Waals surface area contributed by atoms with Gasteiger partial charge >= 0.3 is 6.03 Å². The van der Waals surface area contributed by atoms with Crippen molar-refractivity contribution >= 4 is 11.9 Å². The minimum atomic E-state index is -0.943. The van der Waals surface area contributed by atoms with Crippen molar-refractivity contribution < 1.29 is 9.59 Å². The Hall–Kier alpha value is -2.66. The summed E-state index contributed by atoms with van der Waals surface area (Å²) in [5.41, 5.74) is 1.18. The molecule has 2 aromatic rings. The molecule has 32 heavy (non-hydrogen) atoms. The van der Waals surface area contributed by atoms with Crippen LogP contribution < -0.4 is 5.32 Å². The molecule has 168 valence electrons. The van der Waals surface area contributed by atoms with Crippen LogP contribution in [0.4, 0.5) is 4.79 Å². The van der Waals surface area contributed by atoms with Crippen LogP contribution in [-0.4, -0.2) is 46.5 Å². The van der Waals surface area contributed by atoms with Crippen molar-refractivity contribution in [1.29, 1.82) is 0 Å². The van der Waals surface area contributed by atoms with Gasteiger partial charge in [0.05, 0.1) is 6.67 Å². The lowest BCUT2D eigenvalue weighted by Gasteiger charge is -2.45. The number of hydrogen-bond donors (Lipinski definition) is 1. The number of likely N-dealkylation sites (tertiary alicyclic amines) is 1. The van der Waals surface area contributed by atoms with Crippen LogP contribution in [0.3, 0.4) is 0 Å². The lowest BCUT2D eigenvalue weighted by atomic mass is 9.78. The van der Waals surface area contributed by atoms with Crippen molar-refractivity contribution in [3.05, 3.63) is 71.8 Å². The molecule has 2 heterocycles. The van der Waals surface area contributed by atoms with Gasteiger partial charge in [-0.05, 0) is 42.7 Å². The molecule has 0 radical (unpaired) electrons. The highest BCUT2D eigenvalue weighted by Gasteiger charge is 2.52. The summed E-state index contributed by atoms with van der Waals surface area (Å²) >= 11 is 0. The monoisotopic (exact) mass is 431 g/mol. The second-order valence-corrected chi connectivity index (χ2v) is 9.78. The summed E-state index contributed by atoms with van der Waals surface area (Å²) in [6, 6.07) is 20.3. The van der Waals surface area contributed by atoms with Gasteiger partial charge in [0.2, 0.25) is 0 Å². The van der Waals surface area contributed by atoms with Crippen LogP contribution in [-0.2, 0) is 17.6 Å². The van der Waals surface area contributed by atoms with E-state index in [2.05, 4.69) is 10.2 Å². The van der Waals surface area contributed by atoms with Gasteiger partial charge in [-0.25, -0.2) is 9.69 Å². The average molecular weight is 432 g/mol. The van der Waals surface area contributed by atoms with Crippen LogP contribution in [0.1, 0.15) is 49.7 Å². The Morgan fingerprint density at radius 2 is 1.41 bits per heavy atom. The number of amides is 3. The van der Waals surface area contributed by atoms with Crippen LogP contribution >= 0.6 is 0 Å². The Balaban J connectivity index is 1.40. The molecule has 2 aromatic carbocycles. The van der Waals surface area contributed by atoms with Crippen LogP contribution in [0.25, 0.3) is 0 Å². The molecule has 5 rings (SSSR count). The zero-order valence-corrected chi connectivity index (χ0v) is 18.7. The second-order valence-electron chi connectivity index (χ2n) is 9.78. The van der Waals surface area contributed by atoms with Gasteiger partial charge in [0, 0.05) is 25.4 Å². The van der Waals surface area contributed by atoms with Crippen molar-refractivity contribution in [2.45, 2.75) is 62.9 Å². The molecule has 2 saturated heterocycles. The standard InChI is InChI=1S/C27H33N3O2/c31-25-27(18-21-10-3-1-4-11-21,19-22-12-5-2-6-13-22)28-26(32)30(25)20-29-17-9-15-23-14-7-8-16-24(23)29/h1-6,10-13,23-24H,7-9,14-20H2,(H,28,32)/t23-,24+/m1/s1. The molecule has 1 N–H and O–H groups in total. The number of imide groups is 1. The van der Waals surface area contributed by atoms with Crippen molar-refractivity contribution in [2.24, 2.45) is 5.92 Å². The summed E-state index contributed by atoms with van der Waals surface area (Å²) in [6.45, 7) is 1.39. The van der Waals surface area contributed by atoms with E-state index in [4.69, 9.17) is 0 Å². The summed E-state index contributed by atoms with van der Waals surface area (Å²) < 4.78 is 0. The van der Waals surface area contributed by atoms with E-state index in [1.165, 1.54) is 37.0 Å². The topological polar surface area (TPSA) is 52.7 Å². The van der Waals surface area contributed by atoms with Crippen molar-refractivity contribution in [2.75, 3.05) is 13.2 Å². The normalized spacial score (nSPS) is 25.4. The third-order valence-corrected chi connectivity index (χ3v) is 7.62. The zero-order valence-electron chi connectivity index (χ0n) is 18.7. The molecular formula is C27H33N3O2. The lowest BCUT2D eigenvalue weighted by molar-refractivity contribution is -0.133. The number of hydrogen-bond acceptors (Lipinski definition) is 3. The van der Waals surface area contributed by atoms with Gasteiger partial charge in [0.1, 0.15) is 5.54 Å². The fraction of sp³-hybridized carbons (Fsp3) is 0.481. The summed E-state index contributed by atoms with van der Waals surface area (Å²) in [4.78, 5) is 31.0. The zero-order chi connectivity index (χ0) is 22.0. The first kappa shape index (κ1) is 21.2. The molecule has 5 nitrogen and oxygen atoms in total. The van der Waals surface area contributed by atoms with E-state index < -0.39 is 5.54 Å². The second kappa shape index (κ2) is 9.07. The molecule has 0 aromatic heterocycles. The molecular weight excluding hydrogens is 398 g/mol. The summed E-state index contributed by atoms with van der Waals surface area (Å²) in [7, 11) is 0. The van der Waals surface area contributed by atoms with Crippen LogP contribution in [0.2, 0.25) is 0 Å². The molecule has 1 saturated carbocycles. The molecule has 0 bridgehead atoms. The number of piperidine rings is 1. The number of nitrogens with zero attached hydrogens (tertiary/aromatic N) is 2. The van der Waals surface area contributed by atoms with E-state index in [1.807, 2.05) is 60.7 Å². The molecule has 1 aliphatic carbocycles. The predicted molar refractivity (Wildman–Crippen MR) is 125 cm³/mol. The lowest BCUT2D eigenvalue weighted by Crippen LogP contribution is -2.54. The van der Waals surface area contributed by atoms with E-state index in [1.54, 1.807) is 0 Å². The molecule has 3 fully saturated rings. The third-order valence-electron chi connectivity index (χ3n) is 7.62. The first-order chi connectivity index (χ1) is 15.6. The van der Waals surface area contributed by atoms with Crippen LogP contribution in [0.15, 0.2) is 60.7 Å². The Kier molecular flexibility index (Phi) is 6.01. The van der Waals surface area contributed by atoms with Crippen LogP contribution in [0, 0.1) is 5.92 Å². The van der Waals surface area contributed by atoms with Gasteiger partial charge in [-0.15, -0.1) is 0 Å². The number of carbonyl (C=O) groups is 2. The number of urea groups is 1. The third kappa shape index (κ3) is 4.18. The highest BCUT2D eigenvalue weighted by molar-refractivity contribution is 6.07. The molecule has 3 amide bonds. The fourth-order valence-corrected chi connectivity index (χ4v) is 6.08. The van der Waals surface area contributed by atoms with E-state index in [-0.39, 0.29) is 11.9 Å². The SMILES string of the molecule is O=C1NC(Cc2ccccc2)(Cc2ccccc2)C(=O)N1CN1CCC[C@H]2CCCC[C@@H]21. The molecule has 0 unspecified atom stereocenters. The smallest absolute Gasteiger partial charge is 0.322 e. The van der Waals surface area contributed by atoms with E-state index in [0.29, 0.717) is 25.6 Å². The quantitative estimate of drug-likeness (QED) is 0.691. The van der Waals surface area contributed by atoms with Gasteiger partial charge < -0.3 is 5.32 Å².